The minimum absolute atomic E-state index is 0.0998. The lowest BCUT2D eigenvalue weighted by Gasteiger charge is -2.36. The molecule has 4 rings (SSSR count). The van der Waals surface area contributed by atoms with Crippen LogP contribution in [0.3, 0.4) is 0 Å². The summed E-state index contributed by atoms with van der Waals surface area (Å²) in [6, 6.07) is 3.83. The molecule has 0 spiro atoms. The number of nitrogens with zero attached hydrogens (tertiary/aromatic N) is 5. The van der Waals surface area contributed by atoms with E-state index < -0.39 is 35.7 Å². The van der Waals surface area contributed by atoms with Gasteiger partial charge >= 0.3 is 0 Å². The molecule has 32 heavy (non-hydrogen) atoms. The van der Waals surface area contributed by atoms with E-state index in [0.717, 1.165) is 23.2 Å². The van der Waals surface area contributed by atoms with Crippen LogP contribution in [0.5, 0.6) is 0 Å². The minimum Gasteiger partial charge on any atom is -0.354 e. The van der Waals surface area contributed by atoms with Gasteiger partial charge in [0.2, 0.25) is 5.91 Å². The highest BCUT2D eigenvalue weighted by Gasteiger charge is 2.40. The number of benzene rings is 1. The first-order chi connectivity index (χ1) is 15.4. The van der Waals surface area contributed by atoms with Gasteiger partial charge in [0, 0.05) is 38.4 Å². The topological polar surface area (TPSA) is 90.8 Å². The summed E-state index contributed by atoms with van der Waals surface area (Å²) in [6.45, 7) is 0.231. The van der Waals surface area contributed by atoms with Crippen molar-refractivity contribution in [3.63, 3.8) is 0 Å². The SMILES string of the molecule is CNC(=O)c1cc(N2CC[C@@H](C(=O)N3N=CCC3c3cc(F)cc(F)c3)C(F)C2)ncn1. The maximum absolute atomic E-state index is 15.1. The molecule has 168 valence electrons. The van der Waals surface area contributed by atoms with Crippen molar-refractivity contribution in [3.05, 3.63) is 53.5 Å². The van der Waals surface area contributed by atoms with Gasteiger partial charge in [0.25, 0.3) is 5.91 Å². The monoisotopic (exact) mass is 446 g/mol. The zero-order chi connectivity index (χ0) is 22.8. The summed E-state index contributed by atoms with van der Waals surface area (Å²) in [6.07, 6.45) is 1.67. The second kappa shape index (κ2) is 8.93. The summed E-state index contributed by atoms with van der Waals surface area (Å²) < 4.78 is 42.4. The fourth-order valence-electron chi connectivity index (χ4n) is 4.00. The molecule has 0 bridgehead atoms. The summed E-state index contributed by atoms with van der Waals surface area (Å²) in [7, 11) is 1.48. The smallest absolute Gasteiger partial charge is 0.269 e. The van der Waals surface area contributed by atoms with Crippen LogP contribution in [0.1, 0.15) is 34.9 Å². The highest BCUT2D eigenvalue weighted by Crippen LogP contribution is 2.34. The molecule has 0 aliphatic carbocycles. The first-order valence-electron chi connectivity index (χ1n) is 10.1. The molecule has 2 unspecified atom stereocenters. The van der Waals surface area contributed by atoms with Gasteiger partial charge in [0.1, 0.15) is 35.6 Å². The van der Waals surface area contributed by atoms with Crippen LogP contribution in [0.4, 0.5) is 19.0 Å². The van der Waals surface area contributed by atoms with E-state index in [1.54, 1.807) is 4.90 Å². The third-order valence-corrected chi connectivity index (χ3v) is 5.62. The van der Waals surface area contributed by atoms with E-state index in [0.29, 0.717) is 12.4 Å². The van der Waals surface area contributed by atoms with Gasteiger partial charge in [-0.15, -0.1) is 0 Å². The molecule has 1 aromatic carbocycles. The van der Waals surface area contributed by atoms with Crippen LogP contribution < -0.4 is 10.2 Å². The Hall–Kier alpha value is -3.50. The van der Waals surface area contributed by atoms with Crippen molar-refractivity contribution in [2.24, 2.45) is 11.0 Å². The number of carbonyl (C=O) groups excluding carboxylic acids is 2. The number of alkyl halides is 1. The Kier molecular flexibility index (Phi) is 6.06. The van der Waals surface area contributed by atoms with E-state index in [1.165, 1.54) is 25.7 Å². The zero-order valence-corrected chi connectivity index (χ0v) is 17.2. The van der Waals surface area contributed by atoms with Crippen LogP contribution >= 0.6 is 0 Å². The zero-order valence-electron chi connectivity index (χ0n) is 17.2. The molecular formula is C21H21F3N6O2. The van der Waals surface area contributed by atoms with Crippen molar-refractivity contribution in [2.75, 3.05) is 25.0 Å². The van der Waals surface area contributed by atoms with Gasteiger partial charge in [-0.05, 0) is 24.1 Å². The third-order valence-electron chi connectivity index (χ3n) is 5.62. The first-order valence-corrected chi connectivity index (χ1v) is 10.1. The number of rotatable bonds is 4. The number of aromatic nitrogens is 2. The Labute approximate surface area is 182 Å². The van der Waals surface area contributed by atoms with Gasteiger partial charge in [0.15, 0.2) is 0 Å². The molecule has 11 heteroatoms. The molecule has 0 saturated carbocycles. The Balaban J connectivity index is 1.47. The predicted molar refractivity (Wildman–Crippen MR) is 110 cm³/mol. The van der Waals surface area contributed by atoms with Crippen LogP contribution in [0.15, 0.2) is 35.7 Å². The molecule has 3 atom stereocenters. The molecule has 2 amide bonds. The van der Waals surface area contributed by atoms with Crippen LogP contribution in [0.25, 0.3) is 0 Å². The lowest BCUT2D eigenvalue weighted by Crippen LogP contribution is -2.48. The second-order valence-corrected chi connectivity index (χ2v) is 7.63. The first kappa shape index (κ1) is 21.7. The molecule has 1 fully saturated rings. The van der Waals surface area contributed by atoms with Gasteiger partial charge < -0.3 is 10.2 Å². The molecule has 1 aromatic heterocycles. The van der Waals surface area contributed by atoms with Crippen molar-refractivity contribution in [2.45, 2.75) is 25.1 Å². The van der Waals surface area contributed by atoms with E-state index in [2.05, 4.69) is 20.4 Å². The fourth-order valence-corrected chi connectivity index (χ4v) is 4.00. The molecule has 8 nitrogen and oxygen atoms in total. The number of amides is 2. The van der Waals surface area contributed by atoms with E-state index >= 15 is 4.39 Å². The molecule has 2 aliphatic heterocycles. The Bertz CT molecular complexity index is 1050. The van der Waals surface area contributed by atoms with Crippen molar-refractivity contribution in [3.8, 4) is 0 Å². The van der Waals surface area contributed by atoms with Crippen molar-refractivity contribution >= 4 is 23.8 Å². The van der Waals surface area contributed by atoms with Crippen LogP contribution in [-0.4, -0.2) is 59.3 Å². The largest absolute Gasteiger partial charge is 0.354 e. The summed E-state index contributed by atoms with van der Waals surface area (Å²) >= 11 is 0. The molecule has 3 heterocycles. The highest BCUT2D eigenvalue weighted by atomic mass is 19.1. The summed E-state index contributed by atoms with van der Waals surface area (Å²) in [5, 5.41) is 7.63. The Morgan fingerprint density at radius 1 is 1.12 bits per heavy atom. The van der Waals surface area contributed by atoms with Crippen molar-refractivity contribution < 1.29 is 22.8 Å². The number of anilines is 1. The second-order valence-electron chi connectivity index (χ2n) is 7.63. The number of hydrazone groups is 1. The molecule has 0 radical (unpaired) electrons. The number of hydrogen-bond donors (Lipinski definition) is 1. The van der Waals surface area contributed by atoms with Crippen LogP contribution in [0.2, 0.25) is 0 Å². The number of nitrogens with one attached hydrogen (secondary N) is 1. The summed E-state index contributed by atoms with van der Waals surface area (Å²) in [4.78, 5) is 34.5. The van der Waals surface area contributed by atoms with Crippen molar-refractivity contribution in [1.82, 2.24) is 20.3 Å². The molecule has 1 N–H and O–H groups in total. The number of hydrogen-bond acceptors (Lipinski definition) is 6. The van der Waals surface area contributed by atoms with Gasteiger partial charge in [-0.25, -0.2) is 28.1 Å². The third kappa shape index (κ3) is 4.27. The Morgan fingerprint density at radius 2 is 1.88 bits per heavy atom. The lowest BCUT2D eigenvalue weighted by atomic mass is 9.92. The van der Waals surface area contributed by atoms with Gasteiger partial charge in [-0.1, -0.05) is 0 Å². The standard InChI is InChI=1S/C21H21F3N6O2/c1-25-20(31)17-9-19(27-11-26-17)29-5-3-15(16(24)10-29)21(32)30-18(2-4-28-30)12-6-13(22)8-14(23)7-12/h4,6-9,11,15-16,18H,2-3,5,10H2,1H3,(H,25,31)/t15-,16?,18?/m1/s1. The number of halogens is 3. The minimum atomic E-state index is -1.52. The maximum atomic E-state index is 15.1. The fraction of sp³-hybridized carbons (Fsp3) is 0.381. The molecular weight excluding hydrogens is 425 g/mol. The summed E-state index contributed by atoms with van der Waals surface area (Å²) in [5.74, 6) is -2.99. The molecule has 2 aliphatic rings. The maximum Gasteiger partial charge on any atom is 0.269 e. The van der Waals surface area contributed by atoms with Crippen LogP contribution in [-0.2, 0) is 4.79 Å². The van der Waals surface area contributed by atoms with Gasteiger partial charge in [-0.2, -0.15) is 5.10 Å². The molecule has 1 saturated heterocycles. The van der Waals surface area contributed by atoms with E-state index in [9.17, 15) is 18.4 Å². The summed E-state index contributed by atoms with van der Waals surface area (Å²) in [5.41, 5.74) is 0.423. The average molecular weight is 446 g/mol. The normalized spacial score (nSPS) is 22.8. The van der Waals surface area contributed by atoms with E-state index in [1.807, 2.05) is 0 Å². The van der Waals surface area contributed by atoms with Crippen molar-refractivity contribution in [1.29, 1.82) is 0 Å². The van der Waals surface area contributed by atoms with E-state index in [4.69, 9.17) is 0 Å². The number of carbonyl (C=O) groups is 2. The predicted octanol–water partition coefficient (Wildman–Crippen LogP) is 2.24. The van der Waals surface area contributed by atoms with Crippen LogP contribution in [0, 0.1) is 17.6 Å². The van der Waals surface area contributed by atoms with E-state index in [-0.39, 0.29) is 36.6 Å². The highest BCUT2D eigenvalue weighted by molar-refractivity contribution is 5.92. The number of piperidine rings is 1. The lowest BCUT2D eigenvalue weighted by molar-refractivity contribution is -0.140. The molecule has 2 aromatic rings. The average Bonchev–Trinajstić information content (AvgIpc) is 3.27. The quantitative estimate of drug-likeness (QED) is 0.778. The van der Waals surface area contributed by atoms with Gasteiger partial charge in [-0.3, -0.25) is 9.59 Å². The Morgan fingerprint density at radius 3 is 2.56 bits per heavy atom. The van der Waals surface area contributed by atoms with Gasteiger partial charge in [0.05, 0.1) is 18.5 Å².